The van der Waals surface area contributed by atoms with Gasteiger partial charge in [-0.05, 0) is 35.7 Å². The zero-order chi connectivity index (χ0) is 14.1. The van der Waals surface area contributed by atoms with Gasteiger partial charge in [-0.25, -0.2) is 0 Å². The van der Waals surface area contributed by atoms with E-state index in [1.807, 2.05) is 24.3 Å². The fourth-order valence-corrected chi connectivity index (χ4v) is 2.99. The predicted octanol–water partition coefficient (Wildman–Crippen LogP) is 4.35. The first-order chi connectivity index (χ1) is 9.68. The molecule has 3 rings (SSSR count). The molecular weight excluding hydrogens is 312 g/mol. The normalized spacial score (nSPS) is 12.6. The molecule has 2 aromatic carbocycles. The van der Waals surface area contributed by atoms with Crippen LogP contribution >= 0.6 is 15.9 Å². The van der Waals surface area contributed by atoms with Gasteiger partial charge >= 0.3 is 0 Å². The number of rotatable bonds is 2. The average Bonchev–Trinajstić information content (AvgIpc) is 2.49. The van der Waals surface area contributed by atoms with E-state index in [4.69, 9.17) is 5.73 Å². The van der Waals surface area contributed by atoms with E-state index in [9.17, 15) is 0 Å². The number of benzene rings is 2. The lowest BCUT2D eigenvalue weighted by atomic mass is 9.95. The quantitative estimate of drug-likeness (QED) is 0.760. The molecule has 0 fully saturated rings. The molecule has 0 saturated carbocycles. The van der Waals surface area contributed by atoms with Crippen LogP contribution in [0.15, 0.2) is 59.2 Å². The van der Waals surface area contributed by atoms with Crippen LogP contribution in [0.1, 0.15) is 22.7 Å². The number of hydrogen-bond acceptors (Lipinski definition) is 2. The lowest BCUT2D eigenvalue weighted by Crippen LogP contribution is -2.13. The second-order valence-electron chi connectivity index (χ2n) is 4.87. The van der Waals surface area contributed by atoms with Crippen LogP contribution in [-0.4, -0.2) is 4.98 Å². The molecule has 1 aromatic heterocycles. The summed E-state index contributed by atoms with van der Waals surface area (Å²) in [4.78, 5) is 4.39. The fourth-order valence-electron chi connectivity index (χ4n) is 2.48. The molecule has 0 aliphatic carbocycles. The Balaban J connectivity index is 2.18. The molecule has 2 nitrogen and oxygen atoms in total. The lowest BCUT2D eigenvalue weighted by Gasteiger charge is -2.17. The van der Waals surface area contributed by atoms with Crippen LogP contribution in [0.25, 0.3) is 10.9 Å². The highest BCUT2D eigenvalue weighted by Crippen LogP contribution is 2.32. The summed E-state index contributed by atoms with van der Waals surface area (Å²) in [6, 6.07) is 16.1. The van der Waals surface area contributed by atoms with Crippen molar-refractivity contribution in [3.8, 4) is 0 Å². The van der Waals surface area contributed by atoms with Crippen molar-refractivity contribution in [1.82, 2.24) is 4.98 Å². The Labute approximate surface area is 126 Å². The van der Waals surface area contributed by atoms with Gasteiger partial charge in [0.2, 0.25) is 0 Å². The molecule has 1 heterocycles. The average molecular weight is 327 g/mol. The van der Waals surface area contributed by atoms with Crippen LogP contribution in [0.2, 0.25) is 0 Å². The Morgan fingerprint density at radius 1 is 1.00 bits per heavy atom. The summed E-state index contributed by atoms with van der Waals surface area (Å²) in [6.07, 6.45) is 1.81. The third kappa shape index (κ3) is 2.23. The molecule has 20 heavy (non-hydrogen) atoms. The molecule has 100 valence electrons. The first kappa shape index (κ1) is 13.3. The van der Waals surface area contributed by atoms with E-state index >= 15 is 0 Å². The Hall–Kier alpha value is -1.71. The largest absolute Gasteiger partial charge is 0.320 e. The smallest absolute Gasteiger partial charge is 0.0705 e. The molecule has 0 amide bonds. The highest BCUT2D eigenvalue weighted by Gasteiger charge is 2.15. The van der Waals surface area contributed by atoms with Crippen LogP contribution in [0.4, 0.5) is 0 Å². The lowest BCUT2D eigenvalue weighted by molar-refractivity contribution is 0.872. The minimum absolute atomic E-state index is 0.169. The van der Waals surface area contributed by atoms with Crippen molar-refractivity contribution in [3.63, 3.8) is 0 Å². The van der Waals surface area contributed by atoms with Crippen LogP contribution < -0.4 is 5.73 Å². The van der Waals surface area contributed by atoms with E-state index in [0.29, 0.717) is 0 Å². The van der Waals surface area contributed by atoms with Crippen molar-refractivity contribution >= 4 is 26.8 Å². The number of nitrogens with zero attached hydrogens (tertiary/aromatic N) is 1. The first-order valence-corrected chi connectivity index (χ1v) is 7.32. The maximum Gasteiger partial charge on any atom is 0.0705 e. The zero-order valence-corrected chi connectivity index (χ0v) is 12.8. The van der Waals surface area contributed by atoms with Gasteiger partial charge in [0.15, 0.2) is 0 Å². The summed E-state index contributed by atoms with van der Waals surface area (Å²) >= 11 is 3.65. The summed E-state index contributed by atoms with van der Waals surface area (Å²) in [5, 5.41) is 1.11. The molecule has 2 N–H and O–H groups in total. The van der Waals surface area contributed by atoms with Gasteiger partial charge in [0.25, 0.3) is 0 Å². The monoisotopic (exact) mass is 326 g/mol. The van der Waals surface area contributed by atoms with E-state index in [1.54, 1.807) is 6.20 Å². The molecule has 0 aliphatic rings. The third-order valence-corrected chi connectivity index (χ3v) is 4.65. The van der Waals surface area contributed by atoms with E-state index in [2.05, 4.69) is 52.1 Å². The van der Waals surface area contributed by atoms with Crippen molar-refractivity contribution in [1.29, 1.82) is 0 Å². The number of aromatic nitrogens is 1. The van der Waals surface area contributed by atoms with Crippen molar-refractivity contribution < 1.29 is 0 Å². The van der Waals surface area contributed by atoms with Crippen LogP contribution in [0, 0.1) is 6.92 Å². The molecule has 0 saturated heterocycles. The first-order valence-electron chi connectivity index (χ1n) is 6.52. The number of halogens is 1. The zero-order valence-electron chi connectivity index (χ0n) is 11.2. The fraction of sp³-hybridized carbons (Fsp3) is 0.118. The van der Waals surface area contributed by atoms with Crippen molar-refractivity contribution in [3.05, 3.63) is 75.9 Å². The summed E-state index contributed by atoms with van der Waals surface area (Å²) in [6.45, 7) is 2.07. The topological polar surface area (TPSA) is 38.9 Å². The summed E-state index contributed by atoms with van der Waals surface area (Å²) in [5.74, 6) is 0. The molecule has 3 heteroatoms. The predicted molar refractivity (Wildman–Crippen MR) is 86.7 cm³/mol. The Morgan fingerprint density at radius 3 is 2.60 bits per heavy atom. The standard InChI is InChI=1S/C17H15BrN2/c1-11-5-2-7-14(16(11)18)17(19)13-6-3-9-15-12(13)8-4-10-20-15/h2-10,17H,19H2,1H3. The number of pyridine rings is 1. The van der Waals surface area contributed by atoms with Gasteiger partial charge < -0.3 is 5.73 Å². The summed E-state index contributed by atoms with van der Waals surface area (Å²) < 4.78 is 1.08. The minimum atomic E-state index is -0.169. The second-order valence-corrected chi connectivity index (χ2v) is 5.67. The van der Waals surface area contributed by atoms with E-state index in [-0.39, 0.29) is 6.04 Å². The summed E-state index contributed by atoms with van der Waals surface area (Å²) in [7, 11) is 0. The van der Waals surface area contributed by atoms with Gasteiger partial charge in [0.05, 0.1) is 11.6 Å². The maximum absolute atomic E-state index is 6.49. The van der Waals surface area contributed by atoms with Gasteiger partial charge in [-0.1, -0.05) is 52.3 Å². The van der Waals surface area contributed by atoms with Gasteiger partial charge in [-0.2, -0.15) is 0 Å². The highest BCUT2D eigenvalue weighted by atomic mass is 79.9. The molecule has 0 radical (unpaired) electrons. The SMILES string of the molecule is Cc1cccc(C(N)c2cccc3ncccc23)c1Br. The van der Waals surface area contributed by atoms with Crippen molar-refractivity contribution in [2.24, 2.45) is 5.73 Å². The summed E-state index contributed by atoms with van der Waals surface area (Å²) in [5.41, 5.74) is 10.9. The Kier molecular flexibility index (Phi) is 3.55. The number of aryl methyl sites for hydroxylation is 1. The number of nitrogens with two attached hydrogens (primary N) is 1. The number of fused-ring (bicyclic) bond motifs is 1. The Bertz CT molecular complexity index is 763. The second kappa shape index (κ2) is 5.35. The van der Waals surface area contributed by atoms with Crippen LogP contribution in [-0.2, 0) is 0 Å². The molecule has 1 unspecified atom stereocenters. The van der Waals surface area contributed by atoms with Gasteiger partial charge in [0.1, 0.15) is 0 Å². The molecule has 3 aromatic rings. The third-order valence-electron chi connectivity index (χ3n) is 3.57. The van der Waals surface area contributed by atoms with Crippen LogP contribution in [0.5, 0.6) is 0 Å². The molecular formula is C17H15BrN2. The minimum Gasteiger partial charge on any atom is -0.320 e. The molecule has 0 spiro atoms. The van der Waals surface area contributed by atoms with Gasteiger partial charge in [-0.15, -0.1) is 0 Å². The molecule has 0 bridgehead atoms. The van der Waals surface area contributed by atoms with Crippen molar-refractivity contribution in [2.75, 3.05) is 0 Å². The van der Waals surface area contributed by atoms with Gasteiger partial charge in [0, 0.05) is 16.1 Å². The van der Waals surface area contributed by atoms with E-state index in [1.165, 1.54) is 5.56 Å². The molecule has 0 aliphatic heterocycles. The van der Waals surface area contributed by atoms with Crippen LogP contribution in [0.3, 0.4) is 0 Å². The maximum atomic E-state index is 6.49. The highest BCUT2D eigenvalue weighted by molar-refractivity contribution is 9.10. The van der Waals surface area contributed by atoms with E-state index in [0.717, 1.165) is 26.5 Å². The Morgan fingerprint density at radius 2 is 1.75 bits per heavy atom. The van der Waals surface area contributed by atoms with Crippen molar-refractivity contribution in [2.45, 2.75) is 13.0 Å². The van der Waals surface area contributed by atoms with E-state index < -0.39 is 0 Å². The number of hydrogen-bond donors (Lipinski definition) is 1. The molecule has 1 atom stereocenters. The van der Waals surface area contributed by atoms with Gasteiger partial charge in [-0.3, -0.25) is 4.98 Å².